The van der Waals surface area contributed by atoms with Gasteiger partial charge in [-0.25, -0.2) is 9.59 Å². The maximum atomic E-state index is 12.8. The first-order chi connectivity index (χ1) is 16.9. The lowest BCUT2D eigenvalue weighted by molar-refractivity contribution is -0.138. The van der Waals surface area contributed by atoms with Crippen molar-refractivity contribution < 1.29 is 28.6 Å². The number of carbonyl (C=O) groups excluding carboxylic acids is 3. The van der Waals surface area contributed by atoms with E-state index in [1.54, 1.807) is 34.6 Å². The van der Waals surface area contributed by atoms with Crippen LogP contribution in [0.25, 0.3) is 0 Å². The van der Waals surface area contributed by atoms with Gasteiger partial charge in [-0.05, 0) is 66.8 Å². The highest BCUT2D eigenvalue weighted by atomic mass is 16.6. The fourth-order valence-electron chi connectivity index (χ4n) is 4.73. The summed E-state index contributed by atoms with van der Waals surface area (Å²) in [6.07, 6.45) is 3.66. The Morgan fingerprint density at radius 2 is 1.89 bits per heavy atom. The van der Waals surface area contributed by atoms with Gasteiger partial charge in [-0.1, -0.05) is 6.08 Å². The zero-order valence-corrected chi connectivity index (χ0v) is 22.9. The molecule has 0 spiro atoms. The standard InChI is InChI=1S/C26H44N4O6/c1-8-34-16-19-11-10-12-30(15-19)22-14-20(24(32)35-9-2)13-21(23(22)29-18(4)31)27-17(3)28-25(33)36-26(5,6)7/h14,19,21-23H,8-13,15-16H2,1-7H3,(H,29,31)(H,27,28,33)/t19-,21-,22+,23+/m0/s1. The minimum absolute atomic E-state index is 0.182. The van der Waals surface area contributed by atoms with E-state index in [0.717, 1.165) is 25.9 Å². The number of hydrogen-bond acceptors (Lipinski definition) is 8. The second-order valence-corrected chi connectivity index (χ2v) is 10.4. The van der Waals surface area contributed by atoms with Gasteiger partial charge in [-0.2, -0.15) is 0 Å². The van der Waals surface area contributed by atoms with Crippen LogP contribution in [-0.4, -0.2) is 85.3 Å². The summed E-state index contributed by atoms with van der Waals surface area (Å²) in [6.45, 7) is 15.5. The molecule has 2 rings (SSSR count). The largest absolute Gasteiger partial charge is 0.463 e. The summed E-state index contributed by atoms with van der Waals surface area (Å²) < 4.78 is 16.3. The second kappa shape index (κ2) is 13.7. The Morgan fingerprint density at radius 1 is 1.17 bits per heavy atom. The molecule has 2 N–H and O–H groups in total. The van der Waals surface area contributed by atoms with E-state index in [1.165, 1.54) is 6.92 Å². The summed E-state index contributed by atoms with van der Waals surface area (Å²) >= 11 is 0. The van der Waals surface area contributed by atoms with Crippen molar-refractivity contribution in [1.29, 1.82) is 0 Å². The van der Waals surface area contributed by atoms with Crippen LogP contribution in [0.3, 0.4) is 0 Å². The number of rotatable bonds is 8. The number of hydrogen-bond donors (Lipinski definition) is 2. The average Bonchev–Trinajstić information content (AvgIpc) is 2.77. The molecule has 4 atom stereocenters. The third kappa shape index (κ3) is 9.54. The van der Waals surface area contributed by atoms with E-state index < -0.39 is 17.7 Å². The number of aliphatic imine (C=N–C) groups is 1. The third-order valence-corrected chi connectivity index (χ3v) is 6.06. The zero-order chi connectivity index (χ0) is 26.9. The molecular formula is C26H44N4O6. The molecule has 1 heterocycles. The number of alkyl carbamates (subject to hydrolysis) is 1. The first-order valence-electron chi connectivity index (χ1n) is 12.9. The van der Waals surface area contributed by atoms with Gasteiger partial charge in [0.05, 0.1) is 31.3 Å². The number of ether oxygens (including phenoxy) is 3. The molecule has 10 heteroatoms. The van der Waals surface area contributed by atoms with Crippen LogP contribution in [0.15, 0.2) is 16.6 Å². The van der Waals surface area contributed by atoms with Gasteiger partial charge in [0.25, 0.3) is 0 Å². The molecule has 0 unspecified atom stereocenters. The molecule has 1 aliphatic carbocycles. The van der Waals surface area contributed by atoms with Crippen molar-refractivity contribution in [2.45, 2.75) is 91.5 Å². The van der Waals surface area contributed by atoms with E-state index in [9.17, 15) is 14.4 Å². The molecule has 0 aromatic rings. The summed E-state index contributed by atoms with van der Waals surface area (Å²) in [6, 6.07) is -1.12. The van der Waals surface area contributed by atoms with Gasteiger partial charge in [0.2, 0.25) is 5.91 Å². The number of esters is 1. The molecule has 204 valence electrons. The van der Waals surface area contributed by atoms with Gasteiger partial charge in [0.15, 0.2) is 0 Å². The Kier molecular flexibility index (Phi) is 11.4. The van der Waals surface area contributed by atoms with Crippen LogP contribution in [0, 0.1) is 5.92 Å². The Labute approximate surface area is 215 Å². The number of carbonyl (C=O) groups is 3. The Balaban J connectivity index is 2.37. The van der Waals surface area contributed by atoms with Crippen molar-refractivity contribution in [3.63, 3.8) is 0 Å². The number of nitrogens with zero attached hydrogens (tertiary/aromatic N) is 2. The maximum Gasteiger partial charge on any atom is 0.413 e. The van der Waals surface area contributed by atoms with E-state index >= 15 is 0 Å². The first-order valence-corrected chi connectivity index (χ1v) is 12.9. The number of nitrogens with one attached hydrogen (secondary N) is 2. The lowest BCUT2D eigenvalue weighted by Gasteiger charge is -2.44. The molecule has 2 amide bonds. The monoisotopic (exact) mass is 508 g/mol. The predicted molar refractivity (Wildman–Crippen MR) is 138 cm³/mol. The van der Waals surface area contributed by atoms with Crippen molar-refractivity contribution in [2.24, 2.45) is 10.9 Å². The molecule has 0 bridgehead atoms. The molecule has 36 heavy (non-hydrogen) atoms. The minimum atomic E-state index is -0.648. The molecule has 1 fully saturated rings. The highest BCUT2D eigenvalue weighted by Crippen LogP contribution is 2.30. The molecule has 0 aromatic carbocycles. The highest BCUT2D eigenvalue weighted by molar-refractivity contribution is 5.94. The van der Waals surface area contributed by atoms with Crippen LogP contribution in [0.4, 0.5) is 4.79 Å². The zero-order valence-electron chi connectivity index (χ0n) is 22.9. The Hall–Kier alpha value is -2.46. The van der Waals surface area contributed by atoms with E-state index in [1.807, 2.05) is 13.0 Å². The van der Waals surface area contributed by atoms with Crippen LogP contribution in [0.5, 0.6) is 0 Å². The van der Waals surface area contributed by atoms with E-state index in [4.69, 9.17) is 19.2 Å². The van der Waals surface area contributed by atoms with Crippen molar-refractivity contribution in [1.82, 2.24) is 15.5 Å². The fourth-order valence-corrected chi connectivity index (χ4v) is 4.73. The SMILES string of the molecule is CCOC[C@H]1CCCN([C@@H]2C=C(C(=O)OCC)C[C@H](N=C(C)NC(=O)OC(C)(C)C)[C@H]2NC(C)=O)C1. The number of likely N-dealkylation sites (tertiary alicyclic amines) is 1. The fraction of sp³-hybridized carbons (Fsp3) is 0.769. The van der Waals surface area contributed by atoms with E-state index in [-0.39, 0.29) is 37.0 Å². The van der Waals surface area contributed by atoms with Crippen LogP contribution >= 0.6 is 0 Å². The van der Waals surface area contributed by atoms with Crippen molar-refractivity contribution in [2.75, 3.05) is 32.9 Å². The predicted octanol–water partition coefficient (Wildman–Crippen LogP) is 2.81. The molecule has 0 radical (unpaired) electrons. The summed E-state index contributed by atoms with van der Waals surface area (Å²) in [5.74, 6) is 0.153. The maximum absolute atomic E-state index is 12.8. The number of amides is 2. The van der Waals surface area contributed by atoms with Gasteiger partial charge in [-0.3, -0.25) is 20.0 Å². The van der Waals surface area contributed by atoms with Crippen LogP contribution < -0.4 is 10.6 Å². The number of piperidine rings is 1. The lowest BCUT2D eigenvalue weighted by atomic mass is 9.84. The lowest BCUT2D eigenvalue weighted by Crippen LogP contribution is -2.59. The van der Waals surface area contributed by atoms with Gasteiger partial charge in [0.1, 0.15) is 11.4 Å². The molecular weight excluding hydrogens is 464 g/mol. The summed E-state index contributed by atoms with van der Waals surface area (Å²) in [7, 11) is 0. The Morgan fingerprint density at radius 3 is 2.50 bits per heavy atom. The molecule has 2 aliphatic rings. The Bertz CT molecular complexity index is 835. The third-order valence-electron chi connectivity index (χ3n) is 6.06. The normalized spacial score (nSPS) is 25.5. The van der Waals surface area contributed by atoms with E-state index in [2.05, 4.69) is 15.5 Å². The quantitative estimate of drug-likeness (QED) is 0.294. The second-order valence-electron chi connectivity index (χ2n) is 10.4. The number of amidine groups is 1. The van der Waals surface area contributed by atoms with Gasteiger partial charge in [-0.15, -0.1) is 0 Å². The van der Waals surface area contributed by atoms with Crippen molar-refractivity contribution >= 4 is 23.8 Å². The first kappa shape index (κ1) is 29.8. The summed E-state index contributed by atoms with van der Waals surface area (Å²) in [5, 5.41) is 5.73. The van der Waals surface area contributed by atoms with Gasteiger partial charge < -0.3 is 19.5 Å². The minimum Gasteiger partial charge on any atom is -0.463 e. The van der Waals surface area contributed by atoms with E-state index in [0.29, 0.717) is 30.5 Å². The molecule has 0 aromatic heterocycles. The summed E-state index contributed by atoms with van der Waals surface area (Å²) in [4.78, 5) is 44.3. The topological polar surface area (TPSA) is 119 Å². The smallest absolute Gasteiger partial charge is 0.413 e. The van der Waals surface area contributed by atoms with Crippen LogP contribution in [0.1, 0.15) is 67.7 Å². The van der Waals surface area contributed by atoms with Gasteiger partial charge >= 0.3 is 12.1 Å². The van der Waals surface area contributed by atoms with Crippen molar-refractivity contribution in [3.05, 3.63) is 11.6 Å². The molecule has 10 nitrogen and oxygen atoms in total. The van der Waals surface area contributed by atoms with Crippen molar-refractivity contribution in [3.8, 4) is 0 Å². The molecule has 1 aliphatic heterocycles. The van der Waals surface area contributed by atoms with Gasteiger partial charge in [0, 0.05) is 32.1 Å². The average molecular weight is 509 g/mol. The molecule has 0 saturated carbocycles. The van der Waals surface area contributed by atoms with Crippen LogP contribution in [-0.2, 0) is 23.8 Å². The highest BCUT2D eigenvalue weighted by Gasteiger charge is 2.40. The van der Waals surface area contributed by atoms with Crippen LogP contribution in [0.2, 0.25) is 0 Å². The summed E-state index contributed by atoms with van der Waals surface area (Å²) in [5.41, 5.74) is -0.125. The molecule has 1 saturated heterocycles.